The third-order valence-electron chi connectivity index (χ3n) is 4.32. The molecule has 0 saturated carbocycles. The Bertz CT molecular complexity index is 784. The van der Waals surface area contributed by atoms with Crippen LogP contribution in [0.5, 0.6) is 0 Å². The summed E-state index contributed by atoms with van der Waals surface area (Å²) < 4.78 is 16.4. The molecule has 0 fully saturated rings. The fourth-order valence-electron chi connectivity index (χ4n) is 3.11. The highest BCUT2D eigenvalue weighted by atomic mass is 127. The third-order valence-corrected chi connectivity index (χ3v) is 5.04. The molecule has 1 aliphatic heterocycles. The molecule has 24 heavy (non-hydrogen) atoms. The first-order valence-electron chi connectivity index (χ1n) is 8.10. The largest absolute Gasteiger partial charge is 0.370 e. The molecule has 2 heterocycles. The normalized spacial score (nSPS) is 13.9. The SMILES string of the molecule is Fc1ccc(-n2nc(-c3ccc(I)cc3)c3c2NCCCC3)cc1. The highest BCUT2D eigenvalue weighted by Crippen LogP contribution is 2.34. The van der Waals surface area contributed by atoms with Crippen molar-refractivity contribution in [2.45, 2.75) is 19.3 Å². The fraction of sp³-hybridized carbons (Fsp3) is 0.211. The van der Waals surface area contributed by atoms with Crippen LogP contribution in [0.4, 0.5) is 10.2 Å². The van der Waals surface area contributed by atoms with E-state index in [1.54, 1.807) is 12.1 Å². The Labute approximate surface area is 154 Å². The molecule has 1 aliphatic rings. The Morgan fingerprint density at radius 2 is 1.75 bits per heavy atom. The summed E-state index contributed by atoms with van der Waals surface area (Å²) in [5.41, 5.74) is 4.26. The highest BCUT2D eigenvalue weighted by Gasteiger charge is 2.21. The van der Waals surface area contributed by atoms with Gasteiger partial charge in [0.25, 0.3) is 0 Å². The van der Waals surface area contributed by atoms with Crippen molar-refractivity contribution in [2.75, 3.05) is 11.9 Å². The van der Waals surface area contributed by atoms with Gasteiger partial charge < -0.3 is 5.32 Å². The summed E-state index contributed by atoms with van der Waals surface area (Å²) in [7, 11) is 0. The second-order valence-electron chi connectivity index (χ2n) is 5.95. The number of hydrogen-bond acceptors (Lipinski definition) is 2. The van der Waals surface area contributed by atoms with Crippen molar-refractivity contribution in [1.29, 1.82) is 0 Å². The van der Waals surface area contributed by atoms with Gasteiger partial charge in [-0.25, -0.2) is 9.07 Å². The molecule has 1 N–H and O–H groups in total. The summed E-state index contributed by atoms with van der Waals surface area (Å²) in [5.74, 6) is 0.801. The molecule has 4 rings (SSSR count). The van der Waals surface area contributed by atoms with Gasteiger partial charge in [-0.15, -0.1) is 0 Å². The van der Waals surface area contributed by atoms with Gasteiger partial charge in [0.15, 0.2) is 0 Å². The summed E-state index contributed by atoms with van der Waals surface area (Å²) in [6, 6.07) is 14.9. The van der Waals surface area contributed by atoms with Gasteiger partial charge in [-0.1, -0.05) is 12.1 Å². The first kappa shape index (κ1) is 15.6. The molecule has 0 saturated heterocycles. The molecule has 2 aromatic carbocycles. The van der Waals surface area contributed by atoms with Gasteiger partial charge in [0.05, 0.1) is 11.4 Å². The van der Waals surface area contributed by atoms with Crippen molar-refractivity contribution in [3.05, 3.63) is 63.5 Å². The molecule has 0 spiro atoms. The minimum Gasteiger partial charge on any atom is -0.370 e. The first-order valence-corrected chi connectivity index (χ1v) is 9.18. The molecular weight excluding hydrogens is 416 g/mol. The van der Waals surface area contributed by atoms with E-state index in [-0.39, 0.29) is 5.82 Å². The summed E-state index contributed by atoms with van der Waals surface area (Å²) in [4.78, 5) is 0. The predicted molar refractivity (Wildman–Crippen MR) is 103 cm³/mol. The van der Waals surface area contributed by atoms with Crippen molar-refractivity contribution < 1.29 is 4.39 Å². The molecule has 122 valence electrons. The number of anilines is 1. The van der Waals surface area contributed by atoms with Crippen molar-refractivity contribution in [1.82, 2.24) is 9.78 Å². The number of hydrogen-bond donors (Lipinski definition) is 1. The summed E-state index contributed by atoms with van der Waals surface area (Å²) >= 11 is 2.31. The maximum absolute atomic E-state index is 13.3. The average molecular weight is 433 g/mol. The van der Waals surface area contributed by atoms with Crippen LogP contribution in [0.15, 0.2) is 48.5 Å². The van der Waals surface area contributed by atoms with E-state index in [4.69, 9.17) is 5.10 Å². The second kappa shape index (κ2) is 6.55. The third kappa shape index (κ3) is 2.92. The summed E-state index contributed by atoms with van der Waals surface area (Å²) in [6.07, 6.45) is 3.29. The highest BCUT2D eigenvalue weighted by molar-refractivity contribution is 14.1. The number of halogens is 2. The van der Waals surface area contributed by atoms with Crippen LogP contribution in [0.25, 0.3) is 16.9 Å². The van der Waals surface area contributed by atoms with E-state index in [0.717, 1.165) is 48.6 Å². The summed E-state index contributed by atoms with van der Waals surface area (Å²) in [6.45, 7) is 0.937. The van der Waals surface area contributed by atoms with Gasteiger partial charge in [0.2, 0.25) is 0 Å². The predicted octanol–water partition coefficient (Wildman–Crippen LogP) is 5.03. The number of aromatic nitrogens is 2. The van der Waals surface area contributed by atoms with Crippen LogP contribution in [0.3, 0.4) is 0 Å². The van der Waals surface area contributed by atoms with Crippen molar-refractivity contribution in [3.63, 3.8) is 0 Å². The van der Waals surface area contributed by atoms with Crippen LogP contribution >= 0.6 is 22.6 Å². The van der Waals surface area contributed by atoms with E-state index in [1.807, 2.05) is 4.68 Å². The molecule has 0 aliphatic carbocycles. The lowest BCUT2D eigenvalue weighted by molar-refractivity contribution is 0.627. The summed E-state index contributed by atoms with van der Waals surface area (Å²) in [5, 5.41) is 8.38. The molecule has 5 heteroatoms. The minimum absolute atomic E-state index is 0.234. The Balaban J connectivity index is 1.88. The van der Waals surface area contributed by atoms with E-state index in [9.17, 15) is 4.39 Å². The van der Waals surface area contributed by atoms with Crippen LogP contribution in [-0.4, -0.2) is 16.3 Å². The van der Waals surface area contributed by atoms with E-state index in [2.05, 4.69) is 52.2 Å². The zero-order valence-corrected chi connectivity index (χ0v) is 15.3. The number of nitrogens with one attached hydrogen (secondary N) is 1. The monoisotopic (exact) mass is 433 g/mol. The van der Waals surface area contributed by atoms with Crippen molar-refractivity contribution in [2.24, 2.45) is 0 Å². The Morgan fingerprint density at radius 3 is 2.50 bits per heavy atom. The van der Waals surface area contributed by atoms with Crippen molar-refractivity contribution in [3.8, 4) is 16.9 Å². The molecule has 0 radical (unpaired) electrons. The Hall–Kier alpha value is -1.89. The molecular formula is C19H17FIN3. The standard InChI is InChI=1S/C19H17FIN3/c20-14-6-10-16(11-7-14)24-19-17(3-1-2-12-22-19)18(23-24)13-4-8-15(21)9-5-13/h4-11,22H,1-3,12H2. The molecule has 0 amide bonds. The van der Waals surface area contributed by atoms with Crippen LogP contribution in [-0.2, 0) is 6.42 Å². The van der Waals surface area contributed by atoms with E-state index >= 15 is 0 Å². The van der Waals surface area contributed by atoms with E-state index in [1.165, 1.54) is 21.3 Å². The van der Waals surface area contributed by atoms with Crippen molar-refractivity contribution >= 4 is 28.4 Å². The second-order valence-corrected chi connectivity index (χ2v) is 7.20. The first-order chi connectivity index (χ1) is 11.7. The van der Waals surface area contributed by atoms with E-state index in [0.29, 0.717) is 0 Å². The van der Waals surface area contributed by atoms with Crippen LogP contribution in [0, 0.1) is 9.39 Å². The van der Waals surface area contributed by atoms with Crippen LogP contribution < -0.4 is 5.32 Å². The van der Waals surface area contributed by atoms with Gasteiger partial charge in [-0.2, -0.15) is 5.10 Å². The van der Waals surface area contributed by atoms with Gasteiger partial charge in [0.1, 0.15) is 11.6 Å². The number of rotatable bonds is 2. The number of nitrogens with zero attached hydrogens (tertiary/aromatic N) is 2. The van der Waals surface area contributed by atoms with Gasteiger partial charge in [-0.05, 0) is 78.3 Å². The van der Waals surface area contributed by atoms with E-state index < -0.39 is 0 Å². The molecule has 3 aromatic rings. The van der Waals surface area contributed by atoms with Gasteiger partial charge >= 0.3 is 0 Å². The van der Waals surface area contributed by atoms with Crippen LogP contribution in [0.1, 0.15) is 18.4 Å². The smallest absolute Gasteiger partial charge is 0.133 e. The zero-order valence-electron chi connectivity index (χ0n) is 13.1. The van der Waals surface area contributed by atoms with Crippen LogP contribution in [0.2, 0.25) is 0 Å². The zero-order chi connectivity index (χ0) is 16.5. The molecule has 0 unspecified atom stereocenters. The quantitative estimate of drug-likeness (QED) is 0.575. The topological polar surface area (TPSA) is 29.9 Å². The number of fused-ring (bicyclic) bond motifs is 1. The Kier molecular flexibility index (Phi) is 4.26. The van der Waals surface area contributed by atoms with Gasteiger partial charge in [0, 0.05) is 21.2 Å². The number of benzene rings is 2. The fourth-order valence-corrected chi connectivity index (χ4v) is 3.47. The minimum atomic E-state index is -0.234. The Morgan fingerprint density at radius 1 is 1.00 bits per heavy atom. The molecule has 1 aromatic heterocycles. The lowest BCUT2D eigenvalue weighted by Crippen LogP contribution is -2.07. The van der Waals surface area contributed by atoms with Gasteiger partial charge in [-0.3, -0.25) is 0 Å². The maximum atomic E-state index is 13.3. The lowest BCUT2D eigenvalue weighted by atomic mass is 10.0. The maximum Gasteiger partial charge on any atom is 0.133 e. The molecule has 3 nitrogen and oxygen atoms in total. The lowest BCUT2D eigenvalue weighted by Gasteiger charge is -2.09. The molecule has 0 atom stereocenters. The molecule has 0 bridgehead atoms. The average Bonchev–Trinajstić information content (AvgIpc) is 2.78.